The van der Waals surface area contributed by atoms with Crippen LogP contribution in [0.1, 0.15) is 30.4 Å². The second-order valence-corrected chi connectivity index (χ2v) is 5.63. The summed E-state index contributed by atoms with van der Waals surface area (Å²) in [5.41, 5.74) is 3.39. The van der Waals surface area contributed by atoms with E-state index in [2.05, 4.69) is 42.4 Å². The molecular formula is C22H25NO. The lowest BCUT2D eigenvalue weighted by molar-refractivity contribution is 0.363. The molecule has 0 heterocycles. The minimum Gasteiger partial charge on any atom is -0.490 e. The molecule has 0 unspecified atom stereocenters. The third-order valence-corrected chi connectivity index (χ3v) is 3.67. The Morgan fingerprint density at radius 3 is 2.29 bits per heavy atom. The van der Waals surface area contributed by atoms with Gasteiger partial charge in [-0.25, -0.2) is 0 Å². The van der Waals surface area contributed by atoms with Crippen molar-refractivity contribution in [2.75, 3.05) is 6.61 Å². The van der Waals surface area contributed by atoms with Crippen molar-refractivity contribution in [2.45, 2.75) is 25.7 Å². The molecule has 2 aromatic rings. The van der Waals surface area contributed by atoms with E-state index in [-0.39, 0.29) is 0 Å². The number of aliphatic imine (C=N–C) groups is 1. The Bertz CT molecular complexity index is 653. The van der Waals surface area contributed by atoms with Crippen LogP contribution < -0.4 is 4.74 Å². The molecule has 2 aromatic carbocycles. The number of benzene rings is 2. The van der Waals surface area contributed by atoms with Gasteiger partial charge in [0.1, 0.15) is 12.4 Å². The maximum absolute atomic E-state index is 5.46. The second-order valence-electron chi connectivity index (χ2n) is 5.63. The van der Waals surface area contributed by atoms with Gasteiger partial charge in [-0.1, -0.05) is 43.0 Å². The van der Waals surface area contributed by atoms with E-state index in [1.807, 2.05) is 36.6 Å². The fraction of sp³-hybridized carbons (Fsp3) is 0.227. The normalized spacial score (nSPS) is 10.7. The van der Waals surface area contributed by atoms with Crippen molar-refractivity contribution in [1.29, 1.82) is 0 Å². The number of ether oxygens (including phenoxy) is 1. The molecule has 0 aliphatic carbocycles. The third-order valence-electron chi connectivity index (χ3n) is 3.67. The first-order valence-corrected chi connectivity index (χ1v) is 8.39. The summed E-state index contributed by atoms with van der Waals surface area (Å²) in [4.78, 5) is 4.50. The maximum atomic E-state index is 5.46. The lowest BCUT2D eigenvalue weighted by Crippen LogP contribution is -1.91. The quantitative estimate of drug-likeness (QED) is 0.303. The third kappa shape index (κ3) is 6.25. The average Bonchev–Trinajstić information content (AvgIpc) is 2.64. The Labute approximate surface area is 145 Å². The molecule has 0 fully saturated rings. The van der Waals surface area contributed by atoms with E-state index < -0.39 is 0 Å². The van der Waals surface area contributed by atoms with Crippen LogP contribution >= 0.6 is 0 Å². The zero-order valence-corrected chi connectivity index (χ0v) is 14.2. The monoisotopic (exact) mass is 319 g/mol. The smallest absolute Gasteiger partial charge is 0.119 e. The summed E-state index contributed by atoms with van der Waals surface area (Å²) >= 11 is 0. The number of rotatable bonds is 10. The van der Waals surface area contributed by atoms with Gasteiger partial charge in [0.2, 0.25) is 0 Å². The minimum atomic E-state index is 0.516. The van der Waals surface area contributed by atoms with Crippen LogP contribution in [0.15, 0.2) is 78.8 Å². The molecule has 0 radical (unpaired) electrons. The minimum absolute atomic E-state index is 0.516. The van der Waals surface area contributed by atoms with Crippen LogP contribution in [0, 0.1) is 0 Å². The standard InChI is InChI=1S/C22H25NO/c1-3-5-6-7-8-19-9-11-20(12-10-19)18-23-21-13-15-22(16-14-21)24-17-4-2/h3-4,9-16,18H,1-2,5-8,17H2. The molecule has 0 spiro atoms. The highest BCUT2D eigenvalue weighted by atomic mass is 16.5. The number of unbranched alkanes of at least 4 members (excludes halogenated alkanes) is 2. The van der Waals surface area contributed by atoms with Crippen molar-refractivity contribution in [1.82, 2.24) is 0 Å². The van der Waals surface area contributed by atoms with Crippen molar-refractivity contribution in [3.8, 4) is 5.75 Å². The van der Waals surface area contributed by atoms with Gasteiger partial charge in [-0.2, -0.15) is 0 Å². The topological polar surface area (TPSA) is 21.6 Å². The summed E-state index contributed by atoms with van der Waals surface area (Å²) in [5, 5.41) is 0. The van der Waals surface area contributed by atoms with Crippen LogP contribution in [0.3, 0.4) is 0 Å². The number of hydrogen-bond acceptors (Lipinski definition) is 2. The van der Waals surface area contributed by atoms with Gasteiger partial charge in [-0.3, -0.25) is 4.99 Å². The molecule has 0 aliphatic heterocycles. The highest BCUT2D eigenvalue weighted by Gasteiger charge is 1.95. The van der Waals surface area contributed by atoms with Crippen molar-refractivity contribution in [3.63, 3.8) is 0 Å². The first-order valence-electron chi connectivity index (χ1n) is 8.39. The van der Waals surface area contributed by atoms with Gasteiger partial charge < -0.3 is 4.74 Å². The van der Waals surface area contributed by atoms with Crippen LogP contribution in [0.4, 0.5) is 5.69 Å². The first-order chi connectivity index (χ1) is 11.8. The summed E-state index contributed by atoms with van der Waals surface area (Å²) in [6, 6.07) is 16.3. The van der Waals surface area contributed by atoms with Crippen molar-refractivity contribution in [3.05, 3.63) is 85.0 Å². The Kier molecular flexibility index (Phi) is 7.55. The van der Waals surface area contributed by atoms with E-state index in [4.69, 9.17) is 4.74 Å². The zero-order chi connectivity index (χ0) is 17.0. The van der Waals surface area contributed by atoms with Crippen LogP contribution in [0.5, 0.6) is 5.75 Å². The zero-order valence-electron chi connectivity index (χ0n) is 14.2. The van der Waals surface area contributed by atoms with Crippen molar-refractivity contribution < 1.29 is 4.74 Å². The van der Waals surface area contributed by atoms with Crippen LogP contribution in [0.2, 0.25) is 0 Å². The van der Waals surface area contributed by atoms with Gasteiger partial charge in [0, 0.05) is 6.21 Å². The fourth-order valence-electron chi connectivity index (χ4n) is 2.32. The molecule has 0 atom stereocenters. The predicted molar refractivity (Wildman–Crippen MR) is 104 cm³/mol. The fourth-order valence-corrected chi connectivity index (χ4v) is 2.32. The molecule has 24 heavy (non-hydrogen) atoms. The van der Waals surface area contributed by atoms with Gasteiger partial charge in [0.15, 0.2) is 0 Å². The Morgan fingerprint density at radius 1 is 0.875 bits per heavy atom. The Balaban J connectivity index is 1.87. The van der Waals surface area contributed by atoms with E-state index in [0.717, 1.165) is 29.8 Å². The van der Waals surface area contributed by atoms with Crippen LogP contribution in [-0.2, 0) is 6.42 Å². The van der Waals surface area contributed by atoms with Crippen molar-refractivity contribution in [2.24, 2.45) is 4.99 Å². The summed E-state index contributed by atoms with van der Waals surface area (Å²) in [6.07, 6.45) is 10.2. The van der Waals surface area contributed by atoms with Crippen LogP contribution in [-0.4, -0.2) is 12.8 Å². The molecule has 0 N–H and O–H groups in total. The van der Waals surface area contributed by atoms with Gasteiger partial charge in [-0.05, 0) is 61.1 Å². The molecule has 124 valence electrons. The molecule has 0 bridgehead atoms. The molecule has 2 heteroatoms. The van der Waals surface area contributed by atoms with Gasteiger partial charge >= 0.3 is 0 Å². The Morgan fingerprint density at radius 2 is 1.62 bits per heavy atom. The number of aryl methyl sites for hydroxylation is 1. The van der Waals surface area contributed by atoms with E-state index in [9.17, 15) is 0 Å². The highest BCUT2D eigenvalue weighted by Crippen LogP contribution is 2.18. The Hall–Kier alpha value is -2.61. The lowest BCUT2D eigenvalue weighted by atomic mass is 10.1. The molecule has 0 saturated carbocycles. The molecule has 2 nitrogen and oxygen atoms in total. The van der Waals surface area contributed by atoms with E-state index >= 15 is 0 Å². The molecule has 2 rings (SSSR count). The first kappa shape index (κ1) is 17.7. The average molecular weight is 319 g/mol. The molecule has 0 aromatic heterocycles. The maximum Gasteiger partial charge on any atom is 0.119 e. The largest absolute Gasteiger partial charge is 0.490 e. The van der Waals surface area contributed by atoms with E-state index in [1.165, 1.54) is 18.4 Å². The molecule has 0 amide bonds. The summed E-state index contributed by atoms with van der Waals surface area (Å²) in [6.45, 7) is 7.91. The van der Waals surface area contributed by atoms with Gasteiger partial charge in [0.25, 0.3) is 0 Å². The molecule has 0 aliphatic rings. The van der Waals surface area contributed by atoms with Gasteiger partial charge in [0.05, 0.1) is 5.69 Å². The highest BCUT2D eigenvalue weighted by molar-refractivity contribution is 5.81. The second kappa shape index (κ2) is 10.2. The molecule has 0 saturated heterocycles. The van der Waals surface area contributed by atoms with Crippen molar-refractivity contribution >= 4 is 11.9 Å². The number of allylic oxidation sites excluding steroid dienone is 1. The van der Waals surface area contributed by atoms with Gasteiger partial charge in [-0.15, -0.1) is 6.58 Å². The molecular weight excluding hydrogens is 294 g/mol. The van der Waals surface area contributed by atoms with Crippen LogP contribution in [0.25, 0.3) is 0 Å². The number of nitrogens with zero attached hydrogens (tertiary/aromatic N) is 1. The SMILES string of the molecule is C=CCCCCc1ccc(C=Nc2ccc(OCC=C)cc2)cc1. The number of hydrogen-bond donors (Lipinski definition) is 0. The summed E-state index contributed by atoms with van der Waals surface area (Å²) in [7, 11) is 0. The van der Waals surface area contributed by atoms with E-state index in [1.54, 1.807) is 6.08 Å². The lowest BCUT2D eigenvalue weighted by Gasteiger charge is -2.03. The summed E-state index contributed by atoms with van der Waals surface area (Å²) in [5.74, 6) is 0.828. The summed E-state index contributed by atoms with van der Waals surface area (Å²) < 4.78 is 5.46. The van der Waals surface area contributed by atoms with E-state index in [0.29, 0.717) is 6.61 Å². The predicted octanol–water partition coefficient (Wildman–Crippen LogP) is 5.90.